The lowest BCUT2D eigenvalue weighted by Crippen LogP contribution is -2.38. The molecule has 0 aromatic heterocycles. The van der Waals surface area contributed by atoms with Gasteiger partial charge in [0.05, 0.1) is 6.10 Å². The minimum atomic E-state index is -1.54. The van der Waals surface area contributed by atoms with Crippen molar-refractivity contribution < 1.29 is 13.0 Å². The monoisotopic (exact) mass is 280 g/mol. The van der Waals surface area contributed by atoms with Gasteiger partial charge in [-0.3, -0.25) is 0 Å². The van der Waals surface area contributed by atoms with E-state index in [0.717, 1.165) is 12.7 Å². The number of hydrogen-bond acceptors (Lipinski definition) is 3. The van der Waals surface area contributed by atoms with E-state index in [1.54, 1.807) is 0 Å². The van der Waals surface area contributed by atoms with E-state index in [0.29, 0.717) is 6.10 Å². The van der Waals surface area contributed by atoms with Gasteiger partial charge in [-0.15, -0.1) is 0 Å². The summed E-state index contributed by atoms with van der Waals surface area (Å²) in [7, 11) is -3.69. The SMILES string of the molecule is CC(C)OCC[Si](C)(C)O[SiH2]O[Si](C)(C)C. The maximum Gasteiger partial charge on any atom is 0.283 e. The number of ether oxygens (including phenoxy) is 1. The molecular weight excluding hydrogens is 252 g/mol. The molecule has 0 aliphatic heterocycles. The second kappa shape index (κ2) is 7.07. The van der Waals surface area contributed by atoms with Gasteiger partial charge in [-0.25, -0.2) is 0 Å². The van der Waals surface area contributed by atoms with Gasteiger partial charge >= 0.3 is 0 Å². The Labute approximate surface area is 105 Å². The molecule has 0 atom stereocenters. The van der Waals surface area contributed by atoms with E-state index < -0.39 is 26.6 Å². The number of hydrogen-bond donors (Lipinski definition) is 0. The molecule has 16 heavy (non-hydrogen) atoms. The van der Waals surface area contributed by atoms with Gasteiger partial charge in [-0.2, -0.15) is 0 Å². The molecule has 0 radical (unpaired) electrons. The standard InChI is InChI=1S/C10H28O3Si3/c1-10(2)11-8-9-16(6,7)13-14-12-15(3,4)5/h10H,8-9,14H2,1-7H3. The van der Waals surface area contributed by atoms with Crippen LogP contribution in [0.5, 0.6) is 0 Å². The van der Waals surface area contributed by atoms with E-state index in [1.807, 2.05) is 0 Å². The molecule has 0 unspecified atom stereocenters. The molecule has 0 fully saturated rings. The highest BCUT2D eigenvalue weighted by molar-refractivity contribution is 6.77. The maximum absolute atomic E-state index is 6.00. The van der Waals surface area contributed by atoms with Gasteiger partial charge in [-0.05, 0) is 52.6 Å². The van der Waals surface area contributed by atoms with Crippen molar-refractivity contribution in [1.82, 2.24) is 0 Å². The van der Waals surface area contributed by atoms with E-state index in [-0.39, 0.29) is 0 Å². The van der Waals surface area contributed by atoms with Crippen LogP contribution in [-0.2, 0) is 13.0 Å². The molecule has 0 saturated heterocycles. The van der Waals surface area contributed by atoms with Crippen LogP contribution in [0.15, 0.2) is 0 Å². The van der Waals surface area contributed by atoms with Crippen LogP contribution in [0.1, 0.15) is 13.8 Å². The first-order valence-electron chi connectivity index (χ1n) is 6.02. The van der Waals surface area contributed by atoms with E-state index in [4.69, 9.17) is 13.0 Å². The molecule has 98 valence electrons. The summed E-state index contributed by atoms with van der Waals surface area (Å²) < 4.78 is 17.4. The molecular formula is C10H28O3Si3. The first-order valence-corrected chi connectivity index (χ1v) is 13.7. The normalized spacial score (nSPS) is 14.2. The van der Waals surface area contributed by atoms with Crippen molar-refractivity contribution in [3.8, 4) is 0 Å². The highest BCUT2D eigenvalue weighted by Gasteiger charge is 2.23. The zero-order valence-corrected chi connectivity index (χ0v) is 15.3. The minimum Gasteiger partial charge on any atom is -0.441 e. The molecule has 0 amide bonds. The van der Waals surface area contributed by atoms with E-state index in [9.17, 15) is 0 Å². The van der Waals surface area contributed by atoms with Crippen molar-refractivity contribution in [3.05, 3.63) is 0 Å². The quantitative estimate of drug-likeness (QED) is 0.639. The van der Waals surface area contributed by atoms with Gasteiger partial charge in [0, 0.05) is 6.61 Å². The van der Waals surface area contributed by atoms with Crippen molar-refractivity contribution in [2.24, 2.45) is 0 Å². The Morgan fingerprint density at radius 1 is 1.00 bits per heavy atom. The topological polar surface area (TPSA) is 27.7 Å². The molecule has 0 aromatic rings. The lowest BCUT2D eigenvalue weighted by molar-refractivity contribution is 0.0881. The Balaban J connectivity index is 3.70. The fraction of sp³-hybridized carbons (Fsp3) is 1.00. The van der Waals surface area contributed by atoms with Crippen LogP contribution in [0.4, 0.5) is 0 Å². The fourth-order valence-electron chi connectivity index (χ4n) is 0.978. The average molecular weight is 281 g/mol. The van der Waals surface area contributed by atoms with Crippen LogP contribution < -0.4 is 0 Å². The van der Waals surface area contributed by atoms with Gasteiger partial charge in [0.15, 0.2) is 16.6 Å². The third-order valence-electron chi connectivity index (χ3n) is 2.10. The molecule has 0 aliphatic rings. The summed E-state index contributed by atoms with van der Waals surface area (Å²) in [4.78, 5) is 0. The highest BCUT2D eigenvalue weighted by Crippen LogP contribution is 2.12. The van der Waals surface area contributed by atoms with Gasteiger partial charge in [0.25, 0.3) is 10.0 Å². The van der Waals surface area contributed by atoms with Crippen molar-refractivity contribution in [3.63, 3.8) is 0 Å². The largest absolute Gasteiger partial charge is 0.441 e. The van der Waals surface area contributed by atoms with Gasteiger partial charge in [0.2, 0.25) is 0 Å². The Kier molecular flexibility index (Phi) is 7.31. The summed E-state index contributed by atoms with van der Waals surface area (Å²) in [5.41, 5.74) is 0. The van der Waals surface area contributed by atoms with Crippen LogP contribution in [-0.4, -0.2) is 39.4 Å². The van der Waals surface area contributed by atoms with Crippen molar-refractivity contribution in [1.29, 1.82) is 0 Å². The third-order valence-corrected chi connectivity index (χ3v) is 11.0. The first-order chi connectivity index (χ1) is 7.12. The highest BCUT2D eigenvalue weighted by atomic mass is 28.4. The fourth-order valence-corrected chi connectivity index (χ4v) is 5.62. The van der Waals surface area contributed by atoms with Gasteiger partial charge in [-0.1, -0.05) is 0 Å². The Bertz CT molecular complexity index is 190. The summed E-state index contributed by atoms with van der Waals surface area (Å²) in [6.45, 7) is 16.1. The second-order valence-electron chi connectivity index (χ2n) is 5.95. The summed E-state index contributed by atoms with van der Waals surface area (Å²) in [5.74, 6) is 0. The smallest absolute Gasteiger partial charge is 0.283 e. The molecule has 6 heteroatoms. The molecule has 0 rings (SSSR count). The van der Waals surface area contributed by atoms with Crippen LogP contribution in [0.2, 0.25) is 38.8 Å². The molecule has 0 saturated carbocycles. The van der Waals surface area contributed by atoms with E-state index >= 15 is 0 Å². The molecule has 0 heterocycles. The maximum atomic E-state index is 6.00. The Morgan fingerprint density at radius 3 is 2.00 bits per heavy atom. The van der Waals surface area contributed by atoms with Crippen molar-refractivity contribution in [2.75, 3.05) is 6.61 Å². The van der Waals surface area contributed by atoms with Crippen molar-refractivity contribution >= 4 is 26.6 Å². The zero-order chi connectivity index (χ0) is 12.8. The molecule has 0 aliphatic carbocycles. The Hall–Kier alpha value is 0.531. The van der Waals surface area contributed by atoms with E-state index in [1.165, 1.54) is 0 Å². The lowest BCUT2D eigenvalue weighted by atomic mass is 10.5. The third kappa shape index (κ3) is 11.0. The molecule has 0 spiro atoms. The first kappa shape index (κ1) is 16.5. The van der Waals surface area contributed by atoms with Crippen LogP contribution in [0.3, 0.4) is 0 Å². The zero-order valence-electron chi connectivity index (χ0n) is 11.9. The van der Waals surface area contributed by atoms with E-state index in [2.05, 4.69) is 46.6 Å². The van der Waals surface area contributed by atoms with Crippen molar-refractivity contribution in [2.45, 2.75) is 58.7 Å². The lowest BCUT2D eigenvalue weighted by Gasteiger charge is -2.26. The number of rotatable bonds is 8. The molecule has 0 bridgehead atoms. The molecule has 0 aromatic carbocycles. The molecule has 3 nitrogen and oxygen atoms in total. The summed E-state index contributed by atoms with van der Waals surface area (Å²) in [5, 5.41) is 0. The average Bonchev–Trinajstić information content (AvgIpc) is 1.99. The van der Waals surface area contributed by atoms with Crippen LogP contribution >= 0.6 is 0 Å². The van der Waals surface area contributed by atoms with Crippen LogP contribution in [0.25, 0.3) is 0 Å². The summed E-state index contributed by atoms with van der Waals surface area (Å²) in [6.07, 6.45) is 0.320. The van der Waals surface area contributed by atoms with Gasteiger partial charge in [0.1, 0.15) is 0 Å². The minimum absolute atomic E-state index is 0.320. The Morgan fingerprint density at radius 2 is 1.56 bits per heavy atom. The second-order valence-corrected chi connectivity index (χ2v) is 16.7. The summed E-state index contributed by atoms with van der Waals surface area (Å²) in [6, 6.07) is 1.06. The van der Waals surface area contributed by atoms with Gasteiger partial charge < -0.3 is 13.0 Å². The predicted molar refractivity (Wildman–Crippen MR) is 77.4 cm³/mol. The molecule has 0 N–H and O–H groups in total. The summed E-state index contributed by atoms with van der Waals surface area (Å²) >= 11 is 0. The van der Waals surface area contributed by atoms with Crippen LogP contribution in [0, 0.1) is 0 Å². The predicted octanol–water partition coefficient (Wildman–Crippen LogP) is 2.48.